The van der Waals surface area contributed by atoms with Gasteiger partial charge in [0.25, 0.3) is 5.78 Å². The third-order valence-corrected chi connectivity index (χ3v) is 3.68. The molecular weight excluding hydrogens is 276 g/mol. The van der Waals surface area contributed by atoms with Gasteiger partial charge in [0.05, 0.1) is 0 Å². The highest BCUT2D eigenvalue weighted by atomic mass is 16.3. The SMILES string of the molecule is O=C1CCC(C(O)NCCC2=C(O)C(=O)C(=O)C=C2)CN1. The van der Waals surface area contributed by atoms with Crippen LogP contribution in [0.5, 0.6) is 0 Å². The average Bonchev–Trinajstić information content (AvgIpc) is 2.48. The van der Waals surface area contributed by atoms with Gasteiger partial charge in [-0.2, -0.15) is 0 Å². The Hall–Kier alpha value is -1.99. The minimum atomic E-state index is -0.900. The van der Waals surface area contributed by atoms with Gasteiger partial charge in [0.2, 0.25) is 11.7 Å². The van der Waals surface area contributed by atoms with Gasteiger partial charge in [0, 0.05) is 25.4 Å². The fourth-order valence-corrected chi connectivity index (χ4v) is 2.34. The summed E-state index contributed by atoms with van der Waals surface area (Å²) >= 11 is 0. The molecule has 2 unspecified atom stereocenters. The van der Waals surface area contributed by atoms with Gasteiger partial charge >= 0.3 is 0 Å². The summed E-state index contributed by atoms with van der Waals surface area (Å²) in [6, 6.07) is 0. The van der Waals surface area contributed by atoms with Gasteiger partial charge in [-0.3, -0.25) is 19.7 Å². The fraction of sp³-hybridized carbons (Fsp3) is 0.500. The normalized spacial score (nSPS) is 24.2. The van der Waals surface area contributed by atoms with Crippen LogP contribution in [0.15, 0.2) is 23.5 Å². The highest BCUT2D eigenvalue weighted by Crippen LogP contribution is 2.16. The van der Waals surface area contributed by atoms with Crippen LogP contribution in [0.3, 0.4) is 0 Å². The molecule has 1 aliphatic carbocycles. The van der Waals surface area contributed by atoms with Crippen molar-refractivity contribution in [1.82, 2.24) is 10.6 Å². The van der Waals surface area contributed by atoms with Crippen molar-refractivity contribution in [1.29, 1.82) is 0 Å². The Labute approximate surface area is 121 Å². The Morgan fingerprint density at radius 3 is 2.76 bits per heavy atom. The molecule has 0 bridgehead atoms. The number of ketones is 2. The van der Waals surface area contributed by atoms with Crippen LogP contribution < -0.4 is 10.6 Å². The molecule has 2 rings (SSSR count). The zero-order chi connectivity index (χ0) is 15.4. The maximum atomic E-state index is 11.3. The molecule has 1 aliphatic heterocycles. The van der Waals surface area contributed by atoms with Crippen LogP contribution in [-0.4, -0.2) is 47.0 Å². The first-order chi connectivity index (χ1) is 9.99. The van der Waals surface area contributed by atoms with Gasteiger partial charge in [0.15, 0.2) is 5.76 Å². The monoisotopic (exact) mass is 294 g/mol. The lowest BCUT2D eigenvalue weighted by atomic mass is 9.97. The molecular formula is C14H18N2O5. The second kappa shape index (κ2) is 6.64. The van der Waals surface area contributed by atoms with Crippen LogP contribution in [0.25, 0.3) is 0 Å². The largest absolute Gasteiger partial charge is 0.504 e. The first-order valence-corrected chi connectivity index (χ1v) is 6.86. The summed E-state index contributed by atoms with van der Waals surface area (Å²) in [6.07, 6.45) is 3.10. The molecule has 1 heterocycles. The van der Waals surface area contributed by atoms with Gasteiger partial charge in [-0.05, 0) is 24.5 Å². The molecule has 21 heavy (non-hydrogen) atoms. The quantitative estimate of drug-likeness (QED) is 0.304. The summed E-state index contributed by atoms with van der Waals surface area (Å²) in [6.45, 7) is 0.769. The number of hydrogen-bond acceptors (Lipinski definition) is 6. The highest BCUT2D eigenvalue weighted by Gasteiger charge is 2.25. The van der Waals surface area contributed by atoms with E-state index >= 15 is 0 Å². The minimum Gasteiger partial charge on any atom is -0.504 e. The number of aliphatic hydroxyl groups excluding tert-OH is 2. The Morgan fingerprint density at radius 2 is 2.10 bits per heavy atom. The topological polar surface area (TPSA) is 116 Å². The van der Waals surface area contributed by atoms with E-state index in [4.69, 9.17) is 0 Å². The van der Waals surface area contributed by atoms with E-state index in [1.165, 1.54) is 6.08 Å². The molecule has 0 spiro atoms. The molecule has 7 heteroatoms. The first kappa shape index (κ1) is 15.4. The van der Waals surface area contributed by atoms with Crippen molar-refractivity contribution in [2.75, 3.05) is 13.1 Å². The third-order valence-electron chi connectivity index (χ3n) is 3.68. The zero-order valence-corrected chi connectivity index (χ0v) is 11.5. The van der Waals surface area contributed by atoms with Gasteiger partial charge < -0.3 is 15.5 Å². The molecule has 0 radical (unpaired) electrons. The van der Waals surface area contributed by atoms with Gasteiger partial charge in [-0.15, -0.1) is 0 Å². The summed E-state index contributed by atoms with van der Waals surface area (Å²) in [7, 11) is 0. The molecule has 114 valence electrons. The third kappa shape index (κ3) is 3.77. The maximum absolute atomic E-state index is 11.3. The van der Waals surface area contributed by atoms with Crippen molar-refractivity contribution in [3.05, 3.63) is 23.5 Å². The number of allylic oxidation sites excluding steroid dienone is 3. The summed E-state index contributed by atoms with van der Waals surface area (Å²) < 4.78 is 0. The van der Waals surface area contributed by atoms with Crippen LogP contribution in [0.2, 0.25) is 0 Å². The molecule has 0 saturated carbocycles. The predicted octanol–water partition coefficient (Wildman–Crippen LogP) is -0.669. The van der Waals surface area contributed by atoms with Crippen molar-refractivity contribution in [2.45, 2.75) is 25.5 Å². The van der Waals surface area contributed by atoms with E-state index in [-0.39, 0.29) is 11.8 Å². The zero-order valence-electron chi connectivity index (χ0n) is 11.5. The molecule has 0 aromatic rings. The molecule has 2 aliphatic rings. The molecule has 1 saturated heterocycles. The predicted molar refractivity (Wildman–Crippen MR) is 73.2 cm³/mol. The van der Waals surface area contributed by atoms with Crippen molar-refractivity contribution in [2.24, 2.45) is 5.92 Å². The smallest absolute Gasteiger partial charge is 0.267 e. The summed E-state index contributed by atoms with van der Waals surface area (Å²) in [5, 5.41) is 25.1. The number of piperidine rings is 1. The lowest BCUT2D eigenvalue weighted by molar-refractivity contribution is -0.133. The maximum Gasteiger partial charge on any atom is 0.267 e. The van der Waals surface area contributed by atoms with E-state index in [2.05, 4.69) is 10.6 Å². The summed E-state index contributed by atoms with van der Waals surface area (Å²) in [5.74, 6) is -2.23. The number of carbonyl (C=O) groups excluding carboxylic acids is 3. The second-order valence-electron chi connectivity index (χ2n) is 5.15. The lowest BCUT2D eigenvalue weighted by Crippen LogP contribution is -2.46. The summed E-state index contributed by atoms with van der Waals surface area (Å²) in [5.41, 5.74) is 0.372. The van der Waals surface area contributed by atoms with Crippen molar-refractivity contribution >= 4 is 17.5 Å². The number of rotatable bonds is 5. The molecule has 1 amide bonds. The number of carbonyl (C=O) groups is 3. The van der Waals surface area contributed by atoms with Crippen molar-refractivity contribution < 1.29 is 24.6 Å². The Balaban J connectivity index is 1.79. The molecule has 0 aromatic carbocycles. The van der Waals surface area contributed by atoms with E-state index < -0.39 is 23.6 Å². The van der Waals surface area contributed by atoms with Crippen LogP contribution in [0.1, 0.15) is 19.3 Å². The number of aliphatic hydroxyl groups is 2. The second-order valence-corrected chi connectivity index (χ2v) is 5.15. The van der Waals surface area contributed by atoms with Gasteiger partial charge in [-0.25, -0.2) is 0 Å². The molecule has 7 nitrogen and oxygen atoms in total. The van der Waals surface area contributed by atoms with Crippen molar-refractivity contribution in [3.63, 3.8) is 0 Å². The molecule has 2 atom stereocenters. The standard InChI is InChI=1S/C14H18N2O5/c17-10-3-1-8(12(19)13(10)20)5-6-15-14(21)9-2-4-11(18)16-7-9/h1,3,9,14-15,19,21H,2,4-7H2,(H,16,18). The fourth-order valence-electron chi connectivity index (χ4n) is 2.34. The first-order valence-electron chi connectivity index (χ1n) is 6.86. The Bertz CT molecular complexity index is 513. The van der Waals surface area contributed by atoms with E-state index in [1.54, 1.807) is 0 Å². The van der Waals surface area contributed by atoms with E-state index in [1.807, 2.05) is 0 Å². The Kier molecular flexibility index (Phi) is 4.87. The van der Waals surface area contributed by atoms with Gasteiger partial charge in [0.1, 0.15) is 6.23 Å². The highest BCUT2D eigenvalue weighted by molar-refractivity contribution is 6.47. The van der Waals surface area contributed by atoms with Crippen molar-refractivity contribution in [3.8, 4) is 0 Å². The minimum absolute atomic E-state index is 0.0101. The average molecular weight is 294 g/mol. The molecule has 0 aromatic heterocycles. The van der Waals surface area contributed by atoms with Crippen LogP contribution in [0.4, 0.5) is 0 Å². The number of nitrogens with one attached hydrogen (secondary N) is 2. The molecule has 1 fully saturated rings. The summed E-state index contributed by atoms with van der Waals surface area (Å²) in [4.78, 5) is 33.4. The van der Waals surface area contributed by atoms with Crippen LogP contribution in [-0.2, 0) is 14.4 Å². The van der Waals surface area contributed by atoms with E-state index in [0.29, 0.717) is 37.9 Å². The van der Waals surface area contributed by atoms with E-state index in [9.17, 15) is 24.6 Å². The Morgan fingerprint density at radius 1 is 1.33 bits per heavy atom. The lowest BCUT2D eigenvalue weighted by Gasteiger charge is -2.27. The van der Waals surface area contributed by atoms with Gasteiger partial charge in [-0.1, -0.05) is 6.08 Å². The molecule has 4 N–H and O–H groups in total. The van der Waals surface area contributed by atoms with Crippen LogP contribution >= 0.6 is 0 Å². The number of hydrogen-bond donors (Lipinski definition) is 4. The van der Waals surface area contributed by atoms with Crippen LogP contribution in [0, 0.1) is 5.92 Å². The number of Topliss-reactive ketones (excluding diaryl/α,β-unsaturated/α-hetero) is 1. The van der Waals surface area contributed by atoms with E-state index in [0.717, 1.165) is 6.08 Å². The number of amides is 1.